The minimum absolute atomic E-state index is 0.456. The van der Waals surface area contributed by atoms with Crippen LogP contribution in [0.1, 0.15) is 44.5 Å². The second-order valence-electron chi connectivity index (χ2n) is 19.6. The van der Waals surface area contributed by atoms with Gasteiger partial charge in [0.15, 0.2) is 0 Å². The minimum atomic E-state index is -0.456. The van der Waals surface area contributed by atoms with Gasteiger partial charge in [-0.25, -0.2) is 0 Å². The monoisotopic (exact) mass is 882 g/mol. The molecule has 0 atom stereocenters. The van der Waals surface area contributed by atoms with Crippen molar-refractivity contribution >= 4 is 22.7 Å². The van der Waals surface area contributed by atoms with Crippen molar-refractivity contribution in [2.24, 2.45) is 0 Å². The zero-order chi connectivity index (χ0) is 45.8. The average Bonchev–Trinajstić information content (AvgIpc) is 3.76. The molecule has 0 unspecified atom stereocenters. The van der Waals surface area contributed by atoms with Crippen molar-refractivity contribution in [3.8, 4) is 66.8 Å². The molecule has 10 aromatic carbocycles. The van der Waals surface area contributed by atoms with Gasteiger partial charge in [-0.1, -0.05) is 182 Å². The van der Waals surface area contributed by atoms with Gasteiger partial charge in [-0.3, -0.25) is 0 Å². The molecule has 2 nitrogen and oxygen atoms in total. The number of anilines is 4. The van der Waals surface area contributed by atoms with Crippen molar-refractivity contribution in [3.05, 3.63) is 263 Å². The van der Waals surface area contributed by atoms with E-state index >= 15 is 0 Å². The zero-order valence-corrected chi connectivity index (χ0v) is 39.0. The van der Waals surface area contributed by atoms with Crippen LogP contribution in [0.4, 0.5) is 22.7 Å². The van der Waals surface area contributed by atoms with Crippen LogP contribution in [0.2, 0.25) is 0 Å². The van der Waals surface area contributed by atoms with Crippen LogP contribution < -0.4 is 9.80 Å². The summed E-state index contributed by atoms with van der Waals surface area (Å²) in [7, 11) is 4.42. The Morgan fingerprint density at radius 1 is 0.261 bits per heavy atom. The first-order chi connectivity index (χ1) is 34.0. The quantitative estimate of drug-likeness (QED) is 0.174. The van der Waals surface area contributed by atoms with E-state index in [1.165, 1.54) is 134 Å². The van der Waals surface area contributed by atoms with Gasteiger partial charge in [0.2, 0.25) is 0 Å². The van der Waals surface area contributed by atoms with Crippen molar-refractivity contribution in [1.82, 2.24) is 0 Å². The van der Waals surface area contributed by atoms with E-state index in [-0.39, 0.29) is 0 Å². The van der Waals surface area contributed by atoms with Crippen LogP contribution in [0, 0.1) is 0 Å². The Balaban J connectivity index is 0.835. The van der Waals surface area contributed by atoms with Gasteiger partial charge in [-0.05, 0) is 173 Å². The summed E-state index contributed by atoms with van der Waals surface area (Å²) in [5.41, 5.74) is 30.9. The molecule has 10 aromatic rings. The van der Waals surface area contributed by atoms with Crippen molar-refractivity contribution in [3.63, 3.8) is 0 Å². The van der Waals surface area contributed by atoms with Gasteiger partial charge in [-0.2, -0.15) is 0 Å². The Hall–Kier alpha value is -8.20. The van der Waals surface area contributed by atoms with Crippen LogP contribution in [0.25, 0.3) is 66.8 Å². The maximum atomic E-state index is 2.50. The van der Waals surface area contributed by atoms with Gasteiger partial charge in [0.25, 0.3) is 0 Å². The molecule has 2 aliphatic carbocycles. The first-order valence-electron chi connectivity index (χ1n) is 24.6. The first kappa shape index (κ1) is 39.9. The lowest BCUT2D eigenvalue weighted by Crippen LogP contribution is -2.26. The van der Waals surface area contributed by atoms with Crippen LogP contribution >= 0.6 is 0 Å². The van der Waals surface area contributed by atoms with Gasteiger partial charge >= 0.3 is 0 Å². The standard InChI is InChI=1S/C67H50N2/c1-68-63-17-9-3-11-47(63)27-29-49-31-33-53(41-65(49)68)45-23-19-43(20-24-45)51-35-37-57-58-38-36-52(40-62(58)67(61(57)39-51)59-15-7-5-13-55(59)56-14-6-8-16-60(56)67)44-21-25-46(26-22-44)54-34-32-50-30-28-48-12-4-10-18-64(48)69(2)66(50)42-54/h3-26,31-42H,27-30H2,1-2H3. The third-order valence-corrected chi connectivity index (χ3v) is 16.1. The van der Waals surface area contributed by atoms with Crippen LogP contribution in [0.15, 0.2) is 218 Å². The normalized spacial score (nSPS) is 14.3. The molecule has 2 aliphatic heterocycles. The number of rotatable bonds is 4. The predicted octanol–water partition coefficient (Wildman–Crippen LogP) is 16.4. The fourth-order valence-electron chi connectivity index (χ4n) is 12.6. The molecule has 0 bridgehead atoms. The molecule has 0 N–H and O–H groups in total. The van der Waals surface area contributed by atoms with E-state index in [4.69, 9.17) is 0 Å². The lowest BCUT2D eigenvalue weighted by atomic mass is 9.70. The van der Waals surface area contributed by atoms with E-state index < -0.39 is 5.41 Å². The summed E-state index contributed by atoms with van der Waals surface area (Å²) in [6.07, 6.45) is 4.22. The van der Waals surface area contributed by atoms with Crippen molar-refractivity contribution in [2.75, 3.05) is 23.9 Å². The van der Waals surface area contributed by atoms with Crippen molar-refractivity contribution in [1.29, 1.82) is 0 Å². The molecule has 1 spiro atoms. The van der Waals surface area contributed by atoms with Crippen LogP contribution in [-0.4, -0.2) is 14.1 Å². The Morgan fingerprint density at radius 2 is 0.565 bits per heavy atom. The molecular weight excluding hydrogens is 833 g/mol. The smallest absolute Gasteiger partial charge is 0.0725 e. The number of para-hydroxylation sites is 2. The molecular formula is C67H50N2. The van der Waals surface area contributed by atoms with E-state index in [1.807, 2.05) is 0 Å². The third kappa shape index (κ3) is 6.04. The van der Waals surface area contributed by atoms with E-state index in [0.717, 1.165) is 25.7 Å². The lowest BCUT2D eigenvalue weighted by Gasteiger charge is -2.31. The van der Waals surface area contributed by atoms with Crippen LogP contribution in [0.5, 0.6) is 0 Å². The number of nitrogens with zero attached hydrogens (tertiary/aromatic N) is 2. The Kier molecular flexibility index (Phi) is 8.92. The third-order valence-electron chi connectivity index (χ3n) is 16.1. The topological polar surface area (TPSA) is 6.48 Å². The highest BCUT2D eigenvalue weighted by molar-refractivity contribution is 5.97. The molecule has 0 aromatic heterocycles. The summed E-state index contributed by atoms with van der Waals surface area (Å²) in [6, 6.07) is 82.9. The molecule has 2 heterocycles. The SMILES string of the molecule is CN1c2ccccc2CCc2ccc(-c3ccc(-c4ccc5c(c4)C4(c6ccccc6-c6ccccc64)c4cc(-c6ccc(-c7ccc8c(c7)N(C)c7ccccc7CC8)cc6)ccc4-5)cc3)cc21. The second-order valence-corrected chi connectivity index (χ2v) is 19.6. The second kappa shape index (κ2) is 15.4. The average molecular weight is 883 g/mol. The van der Waals surface area contributed by atoms with Crippen LogP contribution in [0.3, 0.4) is 0 Å². The summed E-state index contributed by atoms with van der Waals surface area (Å²) < 4.78 is 0. The van der Waals surface area contributed by atoms with Crippen LogP contribution in [-0.2, 0) is 31.1 Å². The maximum Gasteiger partial charge on any atom is 0.0725 e. The molecule has 2 heteroatoms. The highest BCUT2D eigenvalue weighted by Gasteiger charge is 2.51. The molecule has 0 radical (unpaired) electrons. The molecule has 69 heavy (non-hydrogen) atoms. The summed E-state index contributed by atoms with van der Waals surface area (Å²) in [6.45, 7) is 0. The summed E-state index contributed by atoms with van der Waals surface area (Å²) in [5, 5.41) is 0. The molecule has 0 amide bonds. The molecule has 14 rings (SSSR count). The van der Waals surface area contributed by atoms with Gasteiger partial charge in [0.05, 0.1) is 5.41 Å². The van der Waals surface area contributed by atoms with Crippen molar-refractivity contribution in [2.45, 2.75) is 31.1 Å². The minimum Gasteiger partial charge on any atom is -0.344 e. The Bertz CT molecular complexity index is 3460. The highest BCUT2D eigenvalue weighted by atomic mass is 15.1. The summed E-state index contributed by atoms with van der Waals surface area (Å²) in [5.74, 6) is 0. The fourth-order valence-corrected chi connectivity index (χ4v) is 12.6. The number of hydrogen-bond acceptors (Lipinski definition) is 2. The maximum absolute atomic E-state index is 2.50. The summed E-state index contributed by atoms with van der Waals surface area (Å²) >= 11 is 0. The van der Waals surface area contributed by atoms with E-state index in [1.54, 1.807) is 0 Å². The first-order valence-corrected chi connectivity index (χ1v) is 24.6. The molecule has 0 saturated carbocycles. The summed E-state index contributed by atoms with van der Waals surface area (Å²) in [4.78, 5) is 4.75. The predicted molar refractivity (Wildman–Crippen MR) is 288 cm³/mol. The van der Waals surface area contributed by atoms with E-state index in [9.17, 15) is 0 Å². The number of hydrogen-bond donors (Lipinski definition) is 0. The van der Waals surface area contributed by atoms with Gasteiger partial charge < -0.3 is 9.80 Å². The number of fused-ring (bicyclic) bond motifs is 14. The Labute approximate surface area is 405 Å². The highest BCUT2D eigenvalue weighted by Crippen LogP contribution is 2.63. The molecule has 0 saturated heterocycles. The fraction of sp³-hybridized carbons (Fsp3) is 0.104. The molecule has 328 valence electrons. The van der Waals surface area contributed by atoms with E-state index in [0.29, 0.717) is 0 Å². The largest absolute Gasteiger partial charge is 0.344 e. The molecule has 0 fully saturated rings. The zero-order valence-electron chi connectivity index (χ0n) is 39.0. The number of aryl methyl sites for hydroxylation is 4. The van der Waals surface area contributed by atoms with Gasteiger partial charge in [0, 0.05) is 36.8 Å². The number of benzene rings is 10. The Morgan fingerprint density at radius 3 is 0.986 bits per heavy atom. The van der Waals surface area contributed by atoms with Crippen molar-refractivity contribution < 1.29 is 0 Å². The lowest BCUT2D eigenvalue weighted by molar-refractivity contribution is 0.794. The van der Waals surface area contributed by atoms with Gasteiger partial charge in [0.1, 0.15) is 0 Å². The van der Waals surface area contributed by atoms with Gasteiger partial charge in [-0.15, -0.1) is 0 Å². The van der Waals surface area contributed by atoms with E-state index in [2.05, 4.69) is 242 Å². The molecule has 4 aliphatic rings.